The number of halogens is 2. The minimum Gasteiger partial charge on any atom is -0.330 e. The van der Waals surface area contributed by atoms with Crippen molar-refractivity contribution in [2.24, 2.45) is 5.73 Å². The zero-order valence-electron chi connectivity index (χ0n) is 8.31. The molecule has 0 saturated heterocycles. The Morgan fingerprint density at radius 1 is 1.50 bits per heavy atom. The summed E-state index contributed by atoms with van der Waals surface area (Å²) in [5.74, 6) is -2.78. The van der Waals surface area contributed by atoms with Gasteiger partial charge >= 0.3 is 0 Å². The van der Waals surface area contributed by atoms with Crippen LogP contribution < -0.4 is 5.73 Å². The molecule has 1 aromatic heterocycles. The number of aryl methyl sites for hydroxylation is 2. The van der Waals surface area contributed by atoms with Gasteiger partial charge < -0.3 is 5.73 Å². The summed E-state index contributed by atoms with van der Waals surface area (Å²) in [5, 5.41) is 0.754. The maximum Gasteiger partial charge on any atom is 0.281 e. The molecule has 1 rings (SSSR count). The van der Waals surface area contributed by atoms with Crippen molar-refractivity contribution < 1.29 is 8.78 Å². The highest BCUT2D eigenvalue weighted by atomic mass is 32.1. The van der Waals surface area contributed by atoms with Crippen molar-refractivity contribution in [2.45, 2.75) is 32.6 Å². The molecule has 0 saturated carbocycles. The Kier molecular flexibility index (Phi) is 3.55. The van der Waals surface area contributed by atoms with Crippen LogP contribution in [0.15, 0.2) is 0 Å². The van der Waals surface area contributed by atoms with Crippen LogP contribution in [0.5, 0.6) is 0 Å². The molecule has 0 unspecified atom stereocenters. The lowest BCUT2D eigenvalue weighted by molar-refractivity contribution is 0.0206. The largest absolute Gasteiger partial charge is 0.330 e. The van der Waals surface area contributed by atoms with Crippen LogP contribution in [0, 0.1) is 6.92 Å². The topological polar surface area (TPSA) is 38.9 Å². The molecule has 80 valence electrons. The molecular formula is C9H14F2N2S. The van der Waals surface area contributed by atoms with Crippen LogP contribution in [-0.2, 0) is 12.3 Å². The Labute approximate surface area is 86.2 Å². The first-order chi connectivity index (χ1) is 6.45. The SMILES string of the molecule is Cc1nc(CCCN)sc1C(C)(F)F. The summed E-state index contributed by atoms with van der Waals surface area (Å²) >= 11 is 1.09. The summed E-state index contributed by atoms with van der Waals surface area (Å²) in [6, 6.07) is 0. The average molecular weight is 220 g/mol. The quantitative estimate of drug-likeness (QED) is 0.846. The Hall–Kier alpha value is -0.550. The average Bonchev–Trinajstić information content (AvgIpc) is 2.42. The van der Waals surface area contributed by atoms with Crippen molar-refractivity contribution in [2.75, 3.05) is 6.54 Å². The lowest BCUT2D eigenvalue weighted by Crippen LogP contribution is -2.05. The predicted octanol–water partition coefficient (Wildman–Crippen LogP) is 2.45. The molecule has 0 atom stereocenters. The number of alkyl halides is 2. The fourth-order valence-corrected chi connectivity index (χ4v) is 2.26. The van der Waals surface area contributed by atoms with Crippen molar-refractivity contribution in [1.82, 2.24) is 4.98 Å². The van der Waals surface area contributed by atoms with E-state index >= 15 is 0 Å². The van der Waals surface area contributed by atoms with E-state index in [9.17, 15) is 8.78 Å². The smallest absolute Gasteiger partial charge is 0.281 e. The van der Waals surface area contributed by atoms with Crippen molar-refractivity contribution in [3.8, 4) is 0 Å². The Bertz CT molecular complexity index is 304. The molecule has 2 N–H and O–H groups in total. The Morgan fingerprint density at radius 3 is 2.57 bits per heavy atom. The normalized spacial score (nSPS) is 12.1. The molecule has 0 aliphatic rings. The van der Waals surface area contributed by atoms with Gasteiger partial charge in [0.25, 0.3) is 5.92 Å². The molecular weight excluding hydrogens is 206 g/mol. The van der Waals surface area contributed by atoms with E-state index in [0.717, 1.165) is 29.7 Å². The number of nitrogens with zero attached hydrogens (tertiary/aromatic N) is 1. The highest BCUT2D eigenvalue weighted by molar-refractivity contribution is 7.11. The molecule has 5 heteroatoms. The van der Waals surface area contributed by atoms with Crippen LogP contribution in [0.25, 0.3) is 0 Å². The van der Waals surface area contributed by atoms with Gasteiger partial charge in [0.1, 0.15) is 0 Å². The summed E-state index contributed by atoms with van der Waals surface area (Å²) < 4.78 is 26.0. The highest BCUT2D eigenvalue weighted by Gasteiger charge is 2.29. The molecule has 0 bridgehead atoms. The molecule has 0 spiro atoms. The zero-order chi connectivity index (χ0) is 10.8. The van der Waals surface area contributed by atoms with E-state index in [-0.39, 0.29) is 4.88 Å². The number of rotatable bonds is 4. The lowest BCUT2D eigenvalue weighted by Gasteiger charge is -2.06. The fourth-order valence-electron chi connectivity index (χ4n) is 1.22. The van der Waals surface area contributed by atoms with Crippen LogP contribution in [0.4, 0.5) is 8.78 Å². The standard InChI is InChI=1S/C9H14F2N2S/c1-6-8(9(2,10)11)14-7(13-6)4-3-5-12/h3-5,12H2,1-2H3. The first-order valence-corrected chi connectivity index (χ1v) is 5.31. The second-order valence-corrected chi connectivity index (χ2v) is 4.39. The van der Waals surface area contributed by atoms with Crippen molar-refractivity contribution in [3.05, 3.63) is 15.6 Å². The van der Waals surface area contributed by atoms with Crippen LogP contribution in [0.1, 0.15) is 28.9 Å². The van der Waals surface area contributed by atoms with Crippen LogP contribution in [0.2, 0.25) is 0 Å². The zero-order valence-corrected chi connectivity index (χ0v) is 9.13. The van der Waals surface area contributed by atoms with Gasteiger partial charge in [-0.15, -0.1) is 11.3 Å². The molecule has 0 aromatic carbocycles. The van der Waals surface area contributed by atoms with E-state index in [0.29, 0.717) is 18.7 Å². The summed E-state index contributed by atoms with van der Waals surface area (Å²) in [7, 11) is 0. The minimum absolute atomic E-state index is 0.0736. The van der Waals surface area contributed by atoms with Crippen LogP contribution in [-0.4, -0.2) is 11.5 Å². The number of thiazole rings is 1. The maximum atomic E-state index is 13.0. The van der Waals surface area contributed by atoms with Gasteiger partial charge in [-0.05, 0) is 19.9 Å². The lowest BCUT2D eigenvalue weighted by atomic mass is 10.3. The van der Waals surface area contributed by atoms with Gasteiger partial charge in [-0.1, -0.05) is 0 Å². The van der Waals surface area contributed by atoms with Crippen LogP contribution >= 0.6 is 11.3 Å². The van der Waals surface area contributed by atoms with Gasteiger partial charge in [0, 0.05) is 13.3 Å². The molecule has 0 aliphatic carbocycles. The van der Waals surface area contributed by atoms with E-state index in [1.807, 2.05) is 0 Å². The predicted molar refractivity (Wildman–Crippen MR) is 53.8 cm³/mol. The Balaban J connectivity index is 2.83. The van der Waals surface area contributed by atoms with Crippen molar-refractivity contribution in [1.29, 1.82) is 0 Å². The number of aromatic nitrogens is 1. The van der Waals surface area contributed by atoms with Crippen molar-refractivity contribution >= 4 is 11.3 Å². The third-order valence-electron chi connectivity index (χ3n) is 1.83. The van der Waals surface area contributed by atoms with Crippen molar-refractivity contribution in [3.63, 3.8) is 0 Å². The third-order valence-corrected chi connectivity index (χ3v) is 3.22. The second kappa shape index (κ2) is 4.31. The number of hydrogen-bond acceptors (Lipinski definition) is 3. The Morgan fingerprint density at radius 2 is 2.14 bits per heavy atom. The summed E-state index contributed by atoms with van der Waals surface area (Å²) in [6.45, 7) is 3.09. The molecule has 0 radical (unpaired) electrons. The monoisotopic (exact) mass is 220 g/mol. The number of hydrogen-bond donors (Lipinski definition) is 1. The van der Waals surface area contributed by atoms with Gasteiger partial charge in [0.15, 0.2) is 0 Å². The molecule has 2 nitrogen and oxygen atoms in total. The van der Waals surface area contributed by atoms with Gasteiger partial charge in [0.2, 0.25) is 0 Å². The maximum absolute atomic E-state index is 13.0. The van der Waals surface area contributed by atoms with E-state index in [1.54, 1.807) is 6.92 Å². The van der Waals surface area contributed by atoms with E-state index in [2.05, 4.69) is 4.98 Å². The van der Waals surface area contributed by atoms with E-state index < -0.39 is 5.92 Å². The number of nitrogens with two attached hydrogens (primary N) is 1. The fraction of sp³-hybridized carbons (Fsp3) is 0.667. The van der Waals surface area contributed by atoms with Gasteiger partial charge in [-0.3, -0.25) is 0 Å². The third kappa shape index (κ3) is 2.72. The van der Waals surface area contributed by atoms with Crippen LogP contribution in [0.3, 0.4) is 0 Å². The summed E-state index contributed by atoms with van der Waals surface area (Å²) in [4.78, 5) is 4.17. The first-order valence-electron chi connectivity index (χ1n) is 4.50. The van der Waals surface area contributed by atoms with Gasteiger partial charge in [-0.2, -0.15) is 0 Å². The first kappa shape index (κ1) is 11.5. The van der Waals surface area contributed by atoms with Gasteiger partial charge in [-0.25, -0.2) is 13.8 Å². The van der Waals surface area contributed by atoms with Gasteiger partial charge in [0.05, 0.1) is 15.6 Å². The summed E-state index contributed by atoms with van der Waals surface area (Å²) in [5.41, 5.74) is 5.78. The second-order valence-electron chi connectivity index (χ2n) is 3.30. The van der Waals surface area contributed by atoms with E-state index in [4.69, 9.17) is 5.73 Å². The highest BCUT2D eigenvalue weighted by Crippen LogP contribution is 2.34. The van der Waals surface area contributed by atoms with E-state index in [1.165, 1.54) is 0 Å². The minimum atomic E-state index is -2.78. The molecule has 1 heterocycles. The molecule has 0 aliphatic heterocycles. The molecule has 0 amide bonds. The summed E-state index contributed by atoms with van der Waals surface area (Å²) in [6.07, 6.45) is 1.49. The molecule has 1 aromatic rings. The molecule has 14 heavy (non-hydrogen) atoms. The molecule has 0 fully saturated rings.